The highest BCUT2D eigenvalue weighted by atomic mass is 19.1. The molecule has 4 heterocycles. The Hall–Kier alpha value is -4.79. The fraction of sp³-hybridized carbons (Fsp3) is 0.578. The van der Waals surface area contributed by atoms with Crippen molar-refractivity contribution in [1.82, 2.24) is 35.0 Å². The molecule has 0 bridgehead atoms. The Morgan fingerprint density at radius 1 is 0.900 bits per heavy atom. The summed E-state index contributed by atoms with van der Waals surface area (Å²) in [5.41, 5.74) is 1.55. The number of amides is 3. The molecule has 2 aromatic heterocycles. The largest absolute Gasteiger partial charge is 0.352 e. The van der Waals surface area contributed by atoms with E-state index < -0.39 is 65.4 Å². The Kier molecular flexibility index (Phi) is 13.5. The lowest BCUT2D eigenvalue weighted by Crippen LogP contribution is -2.57. The second-order valence-corrected chi connectivity index (χ2v) is 17.9. The van der Waals surface area contributed by atoms with E-state index in [2.05, 4.69) is 15.6 Å². The normalized spacial score (nSPS) is 21.7. The van der Waals surface area contributed by atoms with Gasteiger partial charge in [-0.25, -0.2) is 22.5 Å². The number of likely N-dealkylation sites (tertiary alicyclic amines) is 2. The first-order valence-corrected chi connectivity index (χ1v) is 21.2. The van der Waals surface area contributed by atoms with Crippen LogP contribution < -0.4 is 10.6 Å². The molecule has 4 aromatic rings. The van der Waals surface area contributed by atoms with E-state index >= 15 is 8.78 Å². The molecule has 0 saturated carbocycles. The summed E-state index contributed by atoms with van der Waals surface area (Å²) < 4.78 is 62.4. The Labute approximate surface area is 349 Å². The SMILES string of the molecule is CCC(C)C(=O)NC(C(=O)N1CC(F)CC1Cn1c(-c2[nH]c3cc(F)ccc3c2CC2CC(F)CN2C(=O)C(CC)CC(=O)C(C)NC)nc2cc(F)ccc21)C(C)(C)C. The molecule has 2 aliphatic heterocycles. The summed E-state index contributed by atoms with van der Waals surface area (Å²) in [6.07, 6.45) is -1.50. The number of alkyl halides is 2. The maximum atomic E-state index is 15.5. The predicted octanol–water partition coefficient (Wildman–Crippen LogP) is 7.05. The molecule has 2 saturated heterocycles. The first-order chi connectivity index (χ1) is 28.3. The molecule has 8 atom stereocenters. The van der Waals surface area contributed by atoms with Gasteiger partial charge in [0, 0.05) is 60.7 Å². The number of Topliss-reactive ketones (excluding diaryl/α,β-unsaturated/α-hetero) is 1. The number of nitrogens with zero attached hydrogens (tertiary/aromatic N) is 4. The number of rotatable bonds is 15. The van der Waals surface area contributed by atoms with Gasteiger partial charge in [-0.1, -0.05) is 41.5 Å². The van der Waals surface area contributed by atoms with E-state index in [-0.39, 0.29) is 74.3 Å². The summed E-state index contributed by atoms with van der Waals surface area (Å²) in [4.78, 5) is 65.7. The average Bonchev–Trinajstić information content (AvgIpc) is 3.96. The van der Waals surface area contributed by atoms with Gasteiger partial charge in [-0.05, 0) is 74.5 Å². The first-order valence-electron chi connectivity index (χ1n) is 21.2. The zero-order chi connectivity index (χ0) is 43.8. The van der Waals surface area contributed by atoms with Crippen LogP contribution in [0.5, 0.6) is 0 Å². The number of ketones is 1. The van der Waals surface area contributed by atoms with Crippen molar-refractivity contribution < 1.29 is 36.7 Å². The molecule has 0 spiro atoms. The van der Waals surface area contributed by atoms with Gasteiger partial charge in [-0.2, -0.15) is 0 Å². The third-order valence-electron chi connectivity index (χ3n) is 12.6. The highest BCUT2D eigenvalue weighted by molar-refractivity contribution is 5.93. The molecular weight excluding hydrogens is 779 g/mol. The Morgan fingerprint density at radius 3 is 2.17 bits per heavy atom. The van der Waals surface area contributed by atoms with Crippen LogP contribution in [0.4, 0.5) is 17.6 Å². The fourth-order valence-electron chi connectivity index (χ4n) is 8.69. The van der Waals surface area contributed by atoms with Crippen molar-refractivity contribution in [2.75, 3.05) is 20.1 Å². The van der Waals surface area contributed by atoms with Crippen molar-refractivity contribution in [3.8, 4) is 11.5 Å². The number of hydrogen-bond donors (Lipinski definition) is 3. The second-order valence-electron chi connectivity index (χ2n) is 17.9. The summed E-state index contributed by atoms with van der Waals surface area (Å²) in [5.74, 6) is -2.83. The van der Waals surface area contributed by atoms with Gasteiger partial charge in [0.25, 0.3) is 0 Å². The standard InChI is InChI=1S/C45H59F4N7O4/c1-9-24(3)42(58)53-40(45(5,6)7)44(60)55-22-30(49)17-32(55)23-56-37-14-12-28(47)19-36(37)52-41(56)39-34(33-13-11-27(46)18-35(33)51-39)20-31-16-29(48)21-54(31)43(59)26(10-2)15-38(57)25(4)50-8/h11-14,18-19,24-26,29-32,40,50-51H,9-10,15-17,20-23H2,1-8H3,(H,53,58). The van der Waals surface area contributed by atoms with Crippen molar-refractivity contribution >= 4 is 45.4 Å². The number of carbonyl (C=O) groups excluding carboxylic acids is 4. The molecule has 326 valence electrons. The van der Waals surface area contributed by atoms with Crippen molar-refractivity contribution in [3.63, 3.8) is 0 Å². The van der Waals surface area contributed by atoms with Crippen LogP contribution in [0.3, 0.4) is 0 Å². The van der Waals surface area contributed by atoms with Gasteiger partial charge in [-0.3, -0.25) is 19.2 Å². The quantitative estimate of drug-likeness (QED) is 0.110. The van der Waals surface area contributed by atoms with Crippen LogP contribution in [0.15, 0.2) is 36.4 Å². The molecular formula is C45H59F4N7O4. The topological polar surface area (TPSA) is 132 Å². The van der Waals surface area contributed by atoms with Crippen molar-refractivity contribution in [2.45, 2.75) is 130 Å². The second kappa shape index (κ2) is 18.1. The number of carbonyl (C=O) groups is 4. The highest BCUT2D eigenvalue weighted by Crippen LogP contribution is 2.38. The van der Waals surface area contributed by atoms with Gasteiger partial charge in [0.15, 0.2) is 5.82 Å². The number of nitrogens with one attached hydrogen (secondary N) is 3. The van der Waals surface area contributed by atoms with E-state index in [1.807, 2.05) is 34.6 Å². The summed E-state index contributed by atoms with van der Waals surface area (Å²) in [6, 6.07) is 5.68. The lowest BCUT2D eigenvalue weighted by Gasteiger charge is -2.36. The fourth-order valence-corrected chi connectivity index (χ4v) is 8.69. The predicted molar refractivity (Wildman–Crippen MR) is 223 cm³/mol. The van der Waals surface area contributed by atoms with Crippen LogP contribution in [-0.2, 0) is 32.1 Å². The number of aromatic amines is 1. The summed E-state index contributed by atoms with van der Waals surface area (Å²) >= 11 is 0. The van der Waals surface area contributed by atoms with Crippen molar-refractivity contribution in [3.05, 3.63) is 53.6 Å². The third-order valence-corrected chi connectivity index (χ3v) is 12.6. The zero-order valence-electron chi connectivity index (χ0n) is 35.9. The molecule has 0 aliphatic carbocycles. The smallest absolute Gasteiger partial charge is 0.246 e. The third kappa shape index (κ3) is 9.25. The molecule has 60 heavy (non-hydrogen) atoms. The van der Waals surface area contributed by atoms with E-state index in [9.17, 15) is 28.0 Å². The van der Waals surface area contributed by atoms with Gasteiger partial charge in [0.1, 0.15) is 35.8 Å². The van der Waals surface area contributed by atoms with Crippen LogP contribution in [-0.4, -0.2) is 104 Å². The Balaban J connectivity index is 1.41. The van der Waals surface area contributed by atoms with Crippen LogP contribution in [0.25, 0.3) is 33.5 Å². The number of halogens is 4. The van der Waals surface area contributed by atoms with Crippen molar-refractivity contribution in [1.29, 1.82) is 0 Å². The molecule has 15 heteroatoms. The number of likely N-dealkylation sites (N-methyl/N-ethyl adjacent to an activating group) is 1. The van der Waals surface area contributed by atoms with E-state index in [1.165, 1.54) is 34.1 Å². The summed E-state index contributed by atoms with van der Waals surface area (Å²) in [5, 5.41) is 6.46. The van der Waals surface area contributed by atoms with E-state index in [1.54, 1.807) is 37.6 Å². The lowest BCUT2D eigenvalue weighted by molar-refractivity contribution is -0.141. The molecule has 3 N–H and O–H groups in total. The minimum absolute atomic E-state index is 0.00177. The summed E-state index contributed by atoms with van der Waals surface area (Å²) in [6.45, 7) is 12.5. The summed E-state index contributed by atoms with van der Waals surface area (Å²) in [7, 11) is 1.67. The molecule has 2 aromatic carbocycles. The first kappa shape index (κ1) is 44.8. The van der Waals surface area contributed by atoms with Crippen LogP contribution in [0.2, 0.25) is 0 Å². The van der Waals surface area contributed by atoms with Crippen LogP contribution in [0, 0.1) is 28.9 Å². The Bertz CT molecular complexity index is 2230. The van der Waals surface area contributed by atoms with E-state index in [0.717, 1.165) is 0 Å². The molecule has 3 amide bonds. The number of hydrogen-bond acceptors (Lipinski definition) is 6. The van der Waals surface area contributed by atoms with Gasteiger partial charge < -0.3 is 30.0 Å². The van der Waals surface area contributed by atoms with Crippen LogP contribution >= 0.6 is 0 Å². The lowest BCUT2D eigenvalue weighted by atomic mass is 9.85. The maximum Gasteiger partial charge on any atom is 0.246 e. The van der Waals surface area contributed by atoms with Crippen molar-refractivity contribution in [2.24, 2.45) is 17.3 Å². The molecule has 8 unspecified atom stereocenters. The highest BCUT2D eigenvalue weighted by Gasteiger charge is 2.44. The molecule has 11 nitrogen and oxygen atoms in total. The number of benzene rings is 2. The molecule has 2 fully saturated rings. The number of fused-ring (bicyclic) bond motifs is 2. The average molecular weight is 838 g/mol. The number of imidazole rings is 1. The van der Waals surface area contributed by atoms with E-state index in [4.69, 9.17) is 4.98 Å². The number of aromatic nitrogens is 3. The van der Waals surface area contributed by atoms with Gasteiger partial charge >= 0.3 is 0 Å². The van der Waals surface area contributed by atoms with Gasteiger partial charge in [0.2, 0.25) is 17.7 Å². The maximum absolute atomic E-state index is 15.5. The number of H-pyrrole nitrogens is 1. The van der Waals surface area contributed by atoms with Crippen LogP contribution in [0.1, 0.15) is 86.1 Å². The van der Waals surface area contributed by atoms with Gasteiger partial charge in [-0.15, -0.1) is 0 Å². The van der Waals surface area contributed by atoms with Gasteiger partial charge in [0.05, 0.1) is 41.9 Å². The minimum atomic E-state index is -1.35. The monoisotopic (exact) mass is 837 g/mol. The molecule has 2 aliphatic rings. The Morgan fingerprint density at radius 2 is 1.53 bits per heavy atom. The molecule has 0 radical (unpaired) electrons. The molecule has 6 rings (SSSR count). The zero-order valence-corrected chi connectivity index (χ0v) is 35.9. The minimum Gasteiger partial charge on any atom is -0.352 e. The van der Waals surface area contributed by atoms with E-state index in [0.29, 0.717) is 46.3 Å².